The Morgan fingerprint density at radius 1 is 1.26 bits per heavy atom. The van der Waals surface area contributed by atoms with E-state index in [1.807, 2.05) is 0 Å². The Hall–Kier alpha value is -1.60. The molecular weight excluding hydrogens is 378 g/mol. The van der Waals surface area contributed by atoms with E-state index in [1.165, 1.54) is 18.3 Å². The highest BCUT2D eigenvalue weighted by molar-refractivity contribution is 9.11. The number of nitrogen functional groups attached to an aromatic ring is 1. The minimum atomic E-state index is -0.402. The molecule has 0 bridgehead atoms. The van der Waals surface area contributed by atoms with E-state index in [0.717, 1.165) is 4.47 Å². The van der Waals surface area contributed by atoms with E-state index in [2.05, 4.69) is 42.2 Å². The molecule has 5 nitrogen and oxygen atoms in total. The molecule has 98 valence electrons. The van der Waals surface area contributed by atoms with Crippen molar-refractivity contribution in [3.8, 4) is 0 Å². The van der Waals surface area contributed by atoms with Gasteiger partial charge in [-0.25, -0.2) is 0 Å². The molecule has 1 aromatic carbocycles. The van der Waals surface area contributed by atoms with Gasteiger partial charge in [-0.15, -0.1) is 0 Å². The van der Waals surface area contributed by atoms with Gasteiger partial charge in [-0.1, -0.05) is 15.9 Å². The molecule has 0 aliphatic rings. The lowest BCUT2D eigenvalue weighted by atomic mass is 10.2. The van der Waals surface area contributed by atoms with Gasteiger partial charge in [0, 0.05) is 26.8 Å². The first kappa shape index (κ1) is 13.8. The van der Waals surface area contributed by atoms with E-state index < -0.39 is 5.91 Å². The summed E-state index contributed by atoms with van der Waals surface area (Å²) in [5.74, 6) is -0.402. The Balaban J connectivity index is 2.32. The summed E-state index contributed by atoms with van der Waals surface area (Å²) < 4.78 is 1.45. The monoisotopic (exact) mass is 385 g/mol. The summed E-state index contributed by atoms with van der Waals surface area (Å²) in [6.45, 7) is 0. The van der Waals surface area contributed by atoms with Gasteiger partial charge in [0.2, 0.25) is 5.56 Å². The number of aromatic nitrogens is 1. The molecule has 1 heterocycles. The van der Waals surface area contributed by atoms with Crippen molar-refractivity contribution in [1.82, 2.24) is 4.98 Å². The summed E-state index contributed by atoms with van der Waals surface area (Å²) in [4.78, 5) is 25.6. The van der Waals surface area contributed by atoms with Crippen LogP contribution in [0.1, 0.15) is 10.4 Å². The van der Waals surface area contributed by atoms with Crippen molar-refractivity contribution in [1.29, 1.82) is 0 Å². The first-order valence-electron chi connectivity index (χ1n) is 5.22. The molecule has 0 aliphatic heterocycles. The van der Waals surface area contributed by atoms with Crippen LogP contribution in [0.3, 0.4) is 0 Å². The molecule has 0 spiro atoms. The van der Waals surface area contributed by atoms with Gasteiger partial charge in [0.05, 0.1) is 11.4 Å². The number of aromatic amines is 1. The van der Waals surface area contributed by atoms with Crippen LogP contribution in [-0.2, 0) is 0 Å². The minimum Gasteiger partial charge on any atom is -0.397 e. The van der Waals surface area contributed by atoms with Gasteiger partial charge >= 0.3 is 0 Å². The van der Waals surface area contributed by atoms with Crippen molar-refractivity contribution in [2.24, 2.45) is 0 Å². The number of rotatable bonds is 2. The SMILES string of the molecule is Nc1cc(Br)cc(Br)c1NC(=O)c1cc[nH]c(=O)c1. The van der Waals surface area contributed by atoms with Crippen LogP contribution in [0.2, 0.25) is 0 Å². The number of anilines is 2. The molecule has 19 heavy (non-hydrogen) atoms. The fraction of sp³-hybridized carbons (Fsp3) is 0. The number of benzene rings is 1. The van der Waals surface area contributed by atoms with Crippen molar-refractivity contribution >= 4 is 49.1 Å². The molecule has 1 amide bonds. The molecule has 0 aliphatic carbocycles. The number of pyridine rings is 1. The number of halogens is 2. The van der Waals surface area contributed by atoms with Crippen molar-refractivity contribution in [2.45, 2.75) is 0 Å². The predicted molar refractivity (Wildman–Crippen MR) is 81.3 cm³/mol. The van der Waals surface area contributed by atoms with E-state index in [1.54, 1.807) is 12.1 Å². The van der Waals surface area contributed by atoms with E-state index in [-0.39, 0.29) is 11.1 Å². The number of H-pyrrole nitrogens is 1. The molecule has 4 N–H and O–H groups in total. The number of hydrogen-bond acceptors (Lipinski definition) is 3. The summed E-state index contributed by atoms with van der Waals surface area (Å²) in [6, 6.07) is 6.18. The third kappa shape index (κ3) is 3.24. The maximum Gasteiger partial charge on any atom is 0.256 e. The highest BCUT2D eigenvalue weighted by atomic mass is 79.9. The van der Waals surface area contributed by atoms with Crippen LogP contribution in [0.25, 0.3) is 0 Å². The van der Waals surface area contributed by atoms with Gasteiger partial charge in [0.15, 0.2) is 0 Å². The Bertz CT molecular complexity index is 674. The topological polar surface area (TPSA) is 88.0 Å². The van der Waals surface area contributed by atoms with Crippen LogP contribution >= 0.6 is 31.9 Å². The normalized spacial score (nSPS) is 10.2. The van der Waals surface area contributed by atoms with Crippen molar-refractivity contribution in [3.05, 3.63) is 55.3 Å². The smallest absolute Gasteiger partial charge is 0.256 e. The quantitative estimate of drug-likeness (QED) is 0.693. The van der Waals surface area contributed by atoms with E-state index in [0.29, 0.717) is 15.8 Å². The van der Waals surface area contributed by atoms with Gasteiger partial charge in [-0.05, 0) is 34.1 Å². The molecule has 7 heteroatoms. The Labute approximate surface area is 125 Å². The molecule has 2 aromatic rings. The maximum atomic E-state index is 12.0. The Morgan fingerprint density at radius 2 is 2.00 bits per heavy atom. The number of amides is 1. The molecule has 0 atom stereocenters. The lowest BCUT2D eigenvalue weighted by Crippen LogP contribution is -2.16. The average Bonchev–Trinajstić information content (AvgIpc) is 2.33. The Kier molecular flexibility index (Phi) is 4.06. The van der Waals surface area contributed by atoms with Gasteiger partial charge in [0.25, 0.3) is 5.91 Å². The van der Waals surface area contributed by atoms with E-state index in [4.69, 9.17) is 5.73 Å². The molecule has 0 radical (unpaired) electrons. The third-order valence-corrected chi connectivity index (χ3v) is 3.44. The predicted octanol–water partition coefficient (Wildman–Crippen LogP) is 2.73. The molecular formula is C12H9Br2N3O2. The maximum absolute atomic E-state index is 12.0. The highest BCUT2D eigenvalue weighted by Gasteiger charge is 2.12. The van der Waals surface area contributed by atoms with Gasteiger partial charge < -0.3 is 16.0 Å². The summed E-state index contributed by atoms with van der Waals surface area (Å²) in [5, 5.41) is 2.66. The molecule has 0 saturated heterocycles. The van der Waals surface area contributed by atoms with Crippen LogP contribution in [-0.4, -0.2) is 10.9 Å². The largest absolute Gasteiger partial charge is 0.397 e. The second-order valence-corrected chi connectivity index (χ2v) is 5.52. The van der Waals surface area contributed by atoms with E-state index in [9.17, 15) is 9.59 Å². The second kappa shape index (κ2) is 5.58. The lowest BCUT2D eigenvalue weighted by molar-refractivity contribution is 0.102. The first-order valence-corrected chi connectivity index (χ1v) is 6.80. The zero-order valence-corrected chi connectivity index (χ0v) is 12.7. The number of hydrogen-bond donors (Lipinski definition) is 3. The summed E-state index contributed by atoms with van der Waals surface area (Å²) >= 11 is 6.62. The van der Waals surface area contributed by atoms with Crippen molar-refractivity contribution in [3.63, 3.8) is 0 Å². The van der Waals surface area contributed by atoms with Crippen molar-refractivity contribution < 1.29 is 4.79 Å². The fourth-order valence-electron chi connectivity index (χ4n) is 1.50. The summed E-state index contributed by atoms with van der Waals surface area (Å²) in [6.07, 6.45) is 1.41. The fourth-order valence-corrected chi connectivity index (χ4v) is 2.85. The number of nitrogens with two attached hydrogens (primary N) is 1. The lowest BCUT2D eigenvalue weighted by Gasteiger charge is -2.10. The van der Waals surface area contributed by atoms with Gasteiger partial charge in [-0.2, -0.15) is 0 Å². The van der Waals surface area contributed by atoms with Crippen molar-refractivity contribution in [2.75, 3.05) is 11.1 Å². The summed E-state index contributed by atoms with van der Waals surface area (Å²) in [7, 11) is 0. The molecule has 0 fully saturated rings. The van der Waals surface area contributed by atoms with Gasteiger partial charge in [-0.3, -0.25) is 9.59 Å². The Morgan fingerprint density at radius 3 is 2.63 bits per heavy atom. The molecule has 1 aromatic heterocycles. The third-order valence-electron chi connectivity index (χ3n) is 2.36. The van der Waals surface area contributed by atoms with Crippen LogP contribution in [0.15, 0.2) is 44.2 Å². The molecule has 0 saturated carbocycles. The number of nitrogens with one attached hydrogen (secondary N) is 2. The number of carbonyl (C=O) groups excluding carboxylic acids is 1. The minimum absolute atomic E-state index is 0.262. The van der Waals surface area contributed by atoms with Crippen LogP contribution in [0.5, 0.6) is 0 Å². The van der Waals surface area contributed by atoms with E-state index >= 15 is 0 Å². The molecule has 0 unspecified atom stereocenters. The average molecular weight is 387 g/mol. The summed E-state index contributed by atoms with van der Waals surface area (Å²) in [5.41, 5.74) is 6.64. The number of carbonyl (C=O) groups is 1. The zero-order chi connectivity index (χ0) is 14.0. The zero-order valence-electron chi connectivity index (χ0n) is 9.54. The van der Waals surface area contributed by atoms with Gasteiger partial charge in [0.1, 0.15) is 0 Å². The van der Waals surface area contributed by atoms with Crippen LogP contribution in [0, 0.1) is 0 Å². The van der Waals surface area contributed by atoms with Crippen LogP contribution < -0.4 is 16.6 Å². The second-order valence-electron chi connectivity index (χ2n) is 3.75. The first-order chi connectivity index (χ1) is 8.97. The van der Waals surface area contributed by atoms with Crippen LogP contribution in [0.4, 0.5) is 11.4 Å². The standard InChI is InChI=1S/C12H9Br2N3O2/c13-7-4-8(14)11(9(15)5-7)17-12(19)6-1-2-16-10(18)3-6/h1-5H,15H2,(H,16,18)(H,17,19). The highest BCUT2D eigenvalue weighted by Crippen LogP contribution is 2.32. The molecule has 2 rings (SSSR count).